The fourth-order valence-electron chi connectivity index (χ4n) is 2.56. The summed E-state index contributed by atoms with van der Waals surface area (Å²) in [6, 6.07) is -0.680. The van der Waals surface area contributed by atoms with Crippen LogP contribution in [0.1, 0.15) is 44.9 Å². The second kappa shape index (κ2) is 8.55. The lowest BCUT2D eigenvalue weighted by molar-refractivity contribution is -0.148. The van der Waals surface area contributed by atoms with Gasteiger partial charge >= 0.3 is 11.9 Å². The molecule has 1 atom stereocenters. The van der Waals surface area contributed by atoms with E-state index in [1.54, 1.807) is 0 Å². The van der Waals surface area contributed by atoms with E-state index in [4.69, 9.17) is 4.74 Å². The molecule has 1 rings (SSSR count). The minimum absolute atomic E-state index is 0.380. The van der Waals surface area contributed by atoms with E-state index in [-0.39, 0.29) is 6.42 Å². The van der Waals surface area contributed by atoms with E-state index in [0.717, 1.165) is 25.7 Å². The zero-order valence-corrected chi connectivity index (χ0v) is 12.1. The van der Waals surface area contributed by atoms with Gasteiger partial charge in [-0.1, -0.05) is 32.1 Å². The first-order chi connectivity index (χ1) is 9.56. The first kappa shape index (κ1) is 16.5. The summed E-state index contributed by atoms with van der Waals surface area (Å²) in [5.41, 5.74) is 0. The van der Waals surface area contributed by atoms with E-state index in [1.165, 1.54) is 20.6 Å². The number of nitrogens with one attached hydrogen (secondary N) is 1. The minimum atomic E-state index is -0.680. The molecule has 114 valence electrons. The van der Waals surface area contributed by atoms with Crippen molar-refractivity contribution in [2.24, 2.45) is 5.92 Å². The first-order valence-corrected chi connectivity index (χ1v) is 7.00. The maximum absolute atomic E-state index is 11.7. The number of hydrogen-bond acceptors (Lipinski definition) is 5. The Labute approximate surface area is 119 Å². The van der Waals surface area contributed by atoms with Gasteiger partial charge in [-0.15, -0.1) is 0 Å². The Morgan fingerprint density at radius 1 is 1.10 bits per heavy atom. The first-order valence-electron chi connectivity index (χ1n) is 7.00. The van der Waals surface area contributed by atoms with Crippen molar-refractivity contribution in [3.05, 3.63) is 0 Å². The fraction of sp³-hybridized carbons (Fsp3) is 0.786. The van der Waals surface area contributed by atoms with Crippen molar-refractivity contribution in [3.63, 3.8) is 0 Å². The summed E-state index contributed by atoms with van der Waals surface area (Å²) in [5, 5.41) is 2.57. The van der Waals surface area contributed by atoms with Crippen LogP contribution >= 0.6 is 0 Å². The molecule has 1 amide bonds. The van der Waals surface area contributed by atoms with Gasteiger partial charge in [0.05, 0.1) is 14.2 Å². The van der Waals surface area contributed by atoms with Gasteiger partial charge in [0.15, 0.2) is 0 Å². The van der Waals surface area contributed by atoms with E-state index < -0.39 is 23.9 Å². The summed E-state index contributed by atoms with van der Waals surface area (Å²) in [5.74, 6) is -1.17. The Balaban J connectivity index is 2.52. The molecule has 0 spiro atoms. The molecule has 0 radical (unpaired) electrons. The molecule has 20 heavy (non-hydrogen) atoms. The number of rotatable bonds is 6. The maximum Gasteiger partial charge on any atom is 0.328 e. The van der Waals surface area contributed by atoms with Crippen LogP contribution in [0.2, 0.25) is 0 Å². The minimum Gasteiger partial charge on any atom is -0.469 e. The third-order valence-corrected chi connectivity index (χ3v) is 3.65. The Kier molecular flexibility index (Phi) is 7.04. The van der Waals surface area contributed by atoms with Gasteiger partial charge < -0.3 is 14.8 Å². The zero-order valence-electron chi connectivity index (χ0n) is 12.1. The van der Waals surface area contributed by atoms with Crippen LogP contribution in [0, 0.1) is 5.92 Å². The van der Waals surface area contributed by atoms with E-state index in [0.29, 0.717) is 12.3 Å². The lowest BCUT2D eigenvalue weighted by Crippen LogP contribution is -2.43. The quantitative estimate of drug-likeness (QED) is 0.585. The van der Waals surface area contributed by atoms with Gasteiger partial charge in [0.25, 0.3) is 0 Å². The normalized spacial score (nSPS) is 17.1. The van der Waals surface area contributed by atoms with E-state index >= 15 is 0 Å². The van der Waals surface area contributed by atoms with Crippen LogP contribution in [0.3, 0.4) is 0 Å². The number of carbonyl (C=O) groups excluding carboxylic acids is 3. The van der Waals surface area contributed by atoms with Crippen molar-refractivity contribution in [1.82, 2.24) is 5.32 Å². The lowest BCUT2D eigenvalue weighted by atomic mass is 9.85. The number of esters is 2. The molecule has 0 saturated heterocycles. The molecular weight excluding hydrogens is 262 g/mol. The smallest absolute Gasteiger partial charge is 0.328 e. The van der Waals surface area contributed by atoms with E-state index in [2.05, 4.69) is 10.1 Å². The molecule has 0 aliphatic heterocycles. The lowest BCUT2D eigenvalue weighted by Gasteiger charge is -2.25. The highest BCUT2D eigenvalue weighted by Gasteiger charge is 2.27. The molecule has 1 unspecified atom stereocenters. The van der Waals surface area contributed by atoms with Crippen LogP contribution in [-0.2, 0) is 23.9 Å². The number of carbonyl (C=O) groups is 3. The van der Waals surface area contributed by atoms with Crippen molar-refractivity contribution >= 4 is 17.8 Å². The SMILES string of the molecule is COC(=O)CC(=O)NC(CC1CCCCC1)C(=O)OC. The predicted molar refractivity (Wildman–Crippen MR) is 71.8 cm³/mol. The van der Waals surface area contributed by atoms with E-state index in [9.17, 15) is 14.4 Å². The maximum atomic E-state index is 11.7. The molecule has 0 aromatic rings. The largest absolute Gasteiger partial charge is 0.469 e. The summed E-state index contributed by atoms with van der Waals surface area (Å²) in [6.45, 7) is 0. The third-order valence-electron chi connectivity index (χ3n) is 3.65. The second-order valence-corrected chi connectivity index (χ2v) is 5.14. The van der Waals surface area contributed by atoms with Gasteiger partial charge in [-0.25, -0.2) is 4.79 Å². The Morgan fingerprint density at radius 3 is 2.30 bits per heavy atom. The average molecular weight is 285 g/mol. The van der Waals surface area contributed by atoms with Crippen molar-refractivity contribution in [1.29, 1.82) is 0 Å². The van der Waals surface area contributed by atoms with Crippen molar-refractivity contribution in [2.75, 3.05) is 14.2 Å². The van der Waals surface area contributed by atoms with Crippen molar-refractivity contribution in [2.45, 2.75) is 51.0 Å². The Hall–Kier alpha value is -1.59. The summed E-state index contributed by atoms with van der Waals surface area (Å²) in [7, 11) is 2.51. The highest BCUT2D eigenvalue weighted by Crippen LogP contribution is 2.27. The Morgan fingerprint density at radius 2 is 1.75 bits per heavy atom. The van der Waals surface area contributed by atoms with Crippen LogP contribution in [0.15, 0.2) is 0 Å². The van der Waals surface area contributed by atoms with Gasteiger partial charge in [0.2, 0.25) is 5.91 Å². The van der Waals surface area contributed by atoms with Crippen molar-refractivity contribution < 1.29 is 23.9 Å². The average Bonchev–Trinajstić information content (AvgIpc) is 2.46. The van der Waals surface area contributed by atoms with E-state index in [1.807, 2.05) is 0 Å². The van der Waals surface area contributed by atoms with Crippen LogP contribution in [0.25, 0.3) is 0 Å². The summed E-state index contributed by atoms with van der Waals surface area (Å²) >= 11 is 0. The monoisotopic (exact) mass is 285 g/mol. The van der Waals surface area contributed by atoms with Gasteiger partial charge in [-0.2, -0.15) is 0 Å². The topological polar surface area (TPSA) is 81.7 Å². The van der Waals surface area contributed by atoms with Gasteiger partial charge in [-0.05, 0) is 12.3 Å². The highest BCUT2D eigenvalue weighted by molar-refractivity contribution is 5.96. The van der Waals surface area contributed by atoms with Crippen LogP contribution in [0.4, 0.5) is 0 Å². The molecule has 1 N–H and O–H groups in total. The van der Waals surface area contributed by atoms with Crippen molar-refractivity contribution in [3.8, 4) is 0 Å². The van der Waals surface area contributed by atoms with Crippen LogP contribution in [-0.4, -0.2) is 38.1 Å². The molecule has 6 heteroatoms. The molecule has 0 aromatic carbocycles. The second-order valence-electron chi connectivity index (χ2n) is 5.14. The molecule has 1 fully saturated rings. The summed E-state index contributed by atoms with van der Waals surface area (Å²) in [4.78, 5) is 34.4. The summed E-state index contributed by atoms with van der Waals surface area (Å²) in [6.07, 6.45) is 5.88. The standard InChI is InChI=1S/C14H23NO5/c1-19-13(17)9-12(16)15-11(14(18)20-2)8-10-6-4-3-5-7-10/h10-11H,3-9H2,1-2H3,(H,15,16). The molecule has 1 saturated carbocycles. The molecule has 1 aliphatic rings. The highest BCUT2D eigenvalue weighted by atomic mass is 16.5. The third kappa shape index (κ3) is 5.59. The predicted octanol–water partition coefficient (Wildman–Crippen LogP) is 1.18. The van der Waals surface area contributed by atoms with Gasteiger partial charge in [-0.3, -0.25) is 9.59 Å². The Bertz CT molecular complexity index is 349. The molecule has 1 aliphatic carbocycles. The van der Waals surface area contributed by atoms with Crippen LogP contribution < -0.4 is 5.32 Å². The fourth-order valence-corrected chi connectivity index (χ4v) is 2.56. The molecule has 0 bridgehead atoms. The molecule has 6 nitrogen and oxygen atoms in total. The number of amides is 1. The number of methoxy groups -OCH3 is 2. The van der Waals surface area contributed by atoms with Gasteiger partial charge in [0, 0.05) is 0 Å². The van der Waals surface area contributed by atoms with Crippen LogP contribution in [0.5, 0.6) is 0 Å². The number of hydrogen-bond donors (Lipinski definition) is 1. The molecular formula is C14H23NO5. The summed E-state index contributed by atoms with van der Waals surface area (Å²) < 4.78 is 9.14. The molecule has 0 aromatic heterocycles. The zero-order chi connectivity index (χ0) is 15.0. The number of ether oxygens (including phenoxy) is 2. The molecule has 0 heterocycles. The van der Waals surface area contributed by atoms with Gasteiger partial charge in [0.1, 0.15) is 12.5 Å².